The molecule has 0 heterocycles. The van der Waals surface area contributed by atoms with E-state index in [1.165, 1.54) is 16.7 Å². The molecule has 5 rings (SSSR count). The Balaban J connectivity index is 1.34. The van der Waals surface area contributed by atoms with Gasteiger partial charge in [0.05, 0.1) is 22.8 Å². The summed E-state index contributed by atoms with van der Waals surface area (Å²) >= 11 is 6.61. The molecule has 3 unspecified atom stereocenters. The number of nitriles is 1. The van der Waals surface area contributed by atoms with Gasteiger partial charge in [0.25, 0.3) is 0 Å². The minimum atomic E-state index is -0.671. The number of fused-ring (bicyclic) bond motifs is 5. The summed E-state index contributed by atoms with van der Waals surface area (Å²) in [5.74, 6) is 2.52. The second kappa shape index (κ2) is 9.21. The van der Waals surface area contributed by atoms with Gasteiger partial charge in [0.15, 0.2) is 0 Å². The number of aliphatic hydroxyl groups is 1. The Bertz CT molecular complexity index is 1090. The number of rotatable bonds is 6. The number of hydrogen-bond acceptors (Lipinski definition) is 3. The number of unbranched alkanes of at least 4 members (excludes halogenated alkanes) is 1. The molecular formula is C30H36ClNO2. The molecule has 0 spiro atoms. The van der Waals surface area contributed by atoms with Crippen molar-refractivity contribution in [3.8, 4) is 11.8 Å². The lowest BCUT2D eigenvalue weighted by Crippen LogP contribution is -2.51. The van der Waals surface area contributed by atoms with E-state index in [1.54, 1.807) is 0 Å². The first kappa shape index (κ1) is 23.7. The summed E-state index contributed by atoms with van der Waals surface area (Å²) in [7, 11) is 0. The van der Waals surface area contributed by atoms with Gasteiger partial charge < -0.3 is 9.84 Å². The zero-order valence-electron chi connectivity index (χ0n) is 20.4. The lowest BCUT2D eigenvalue weighted by Gasteiger charge is -2.53. The van der Waals surface area contributed by atoms with Gasteiger partial charge in [-0.1, -0.05) is 50.1 Å². The van der Waals surface area contributed by atoms with Crippen LogP contribution in [0.2, 0.25) is 5.02 Å². The van der Waals surface area contributed by atoms with Crippen LogP contribution in [-0.4, -0.2) is 17.3 Å². The minimum absolute atomic E-state index is 0.0711. The van der Waals surface area contributed by atoms with E-state index in [1.807, 2.05) is 6.07 Å². The van der Waals surface area contributed by atoms with E-state index in [0.717, 1.165) is 63.7 Å². The molecule has 0 radical (unpaired) electrons. The molecule has 0 bridgehead atoms. The second-order valence-corrected chi connectivity index (χ2v) is 11.4. The van der Waals surface area contributed by atoms with Crippen molar-refractivity contribution in [2.45, 2.75) is 83.2 Å². The van der Waals surface area contributed by atoms with Crippen molar-refractivity contribution in [2.24, 2.45) is 17.3 Å². The molecule has 3 nitrogen and oxygen atoms in total. The third-order valence-electron chi connectivity index (χ3n) is 9.47. The standard InChI is InChI=1S/C30H36ClNO2/c1-3-4-17-34-22-8-5-20(6-9-22)18-30(33)16-14-27-25-11-12-26-23(10-7-21(19-32)28(26)31)24(25)13-15-29(27,30)2/h5-10,24-25,27,33H,3-4,11-18H2,1-2H3/t24?,25?,27?,29-,30+/m0/s1. The SMILES string of the molecule is CCCCOc1ccc(C[C@]2(O)CCC3C4CCc5c(ccc(C#N)c5Cl)C4CC[C@@]32C)cc1. The number of halogens is 1. The maximum Gasteiger partial charge on any atom is 0.119 e. The monoisotopic (exact) mass is 477 g/mol. The molecule has 0 aromatic heterocycles. The highest BCUT2D eigenvalue weighted by molar-refractivity contribution is 6.32. The quantitative estimate of drug-likeness (QED) is 0.447. The van der Waals surface area contributed by atoms with E-state index in [4.69, 9.17) is 16.3 Å². The summed E-state index contributed by atoms with van der Waals surface area (Å²) in [6.07, 6.45) is 9.02. The van der Waals surface area contributed by atoms with Crippen LogP contribution in [0.3, 0.4) is 0 Å². The fraction of sp³-hybridized carbons (Fsp3) is 0.567. The molecule has 0 saturated heterocycles. The highest BCUT2D eigenvalue weighted by atomic mass is 35.5. The molecule has 34 heavy (non-hydrogen) atoms. The lowest BCUT2D eigenvalue weighted by molar-refractivity contribution is -0.102. The van der Waals surface area contributed by atoms with Crippen molar-refractivity contribution in [1.82, 2.24) is 0 Å². The molecule has 2 saturated carbocycles. The van der Waals surface area contributed by atoms with Crippen molar-refractivity contribution in [3.63, 3.8) is 0 Å². The molecule has 4 heteroatoms. The summed E-state index contributed by atoms with van der Waals surface area (Å²) in [4.78, 5) is 0. The van der Waals surface area contributed by atoms with Gasteiger partial charge in [0, 0.05) is 6.42 Å². The molecule has 2 aromatic carbocycles. The summed E-state index contributed by atoms with van der Waals surface area (Å²) in [5, 5.41) is 22.1. The highest BCUT2D eigenvalue weighted by Crippen LogP contribution is 2.65. The van der Waals surface area contributed by atoms with E-state index in [9.17, 15) is 10.4 Å². The van der Waals surface area contributed by atoms with Crippen molar-refractivity contribution in [1.29, 1.82) is 5.26 Å². The minimum Gasteiger partial charge on any atom is -0.494 e. The van der Waals surface area contributed by atoms with Gasteiger partial charge in [-0.25, -0.2) is 0 Å². The molecule has 5 atom stereocenters. The van der Waals surface area contributed by atoms with Gasteiger partial charge in [-0.05, 0) is 103 Å². The topological polar surface area (TPSA) is 53.2 Å². The van der Waals surface area contributed by atoms with E-state index < -0.39 is 5.60 Å². The zero-order chi connectivity index (χ0) is 23.9. The normalized spacial score (nSPS) is 31.8. The summed E-state index contributed by atoms with van der Waals surface area (Å²) in [5.41, 5.74) is 3.60. The van der Waals surface area contributed by atoms with Gasteiger partial charge in [-0.3, -0.25) is 0 Å². The third kappa shape index (κ3) is 3.84. The average Bonchev–Trinajstić information content (AvgIpc) is 3.11. The van der Waals surface area contributed by atoms with Gasteiger partial charge >= 0.3 is 0 Å². The lowest BCUT2D eigenvalue weighted by atomic mass is 9.52. The first-order valence-corrected chi connectivity index (χ1v) is 13.4. The smallest absolute Gasteiger partial charge is 0.119 e. The molecule has 2 aromatic rings. The zero-order valence-corrected chi connectivity index (χ0v) is 21.2. The van der Waals surface area contributed by atoms with Gasteiger partial charge in [-0.2, -0.15) is 5.26 Å². The van der Waals surface area contributed by atoms with Crippen LogP contribution in [-0.2, 0) is 12.8 Å². The van der Waals surface area contributed by atoms with Crippen LogP contribution in [0.15, 0.2) is 36.4 Å². The predicted octanol–water partition coefficient (Wildman–Crippen LogP) is 7.22. The molecular weight excluding hydrogens is 442 g/mol. The van der Waals surface area contributed by atoms with Gasteiger partial charge in [-0.15, -0.1) is 0 Å². The first-order valence-electron chi connectivity index (χ1n) is 13.1. The van der Waals surface area contributed by atoms with Crippen molar-refractivity contribution in [3.05, 3.63) is 63.7 Å². The van der Waals surface area contributed by atoms with Gasteiger partial charge in [0.1, 0.15) is 11.8 Å². The highest BCUT2D eigenvalue weighted by Gasteiger charge is 2.61. The van der Waals surface area contributed by atoms with Crippen molar-refractivity contribution < 1.29 is 9.84 Å². The summed E-state index contributed by atoms with van der Waals surface area (Å²) < 4.78 is 5.82. The van der Waals surface area contributed by atoms with Crippen LogP contribution in [0, 0.1) is 28.6 Å². The van der Waals surface area contributed by atoms with E-state index in [0.29, 0.717) is 34.8 Å². The predicted molar refractivity (Wildman–Crippen MR) is 136 cm³/mol. The fourth-order valence-electron chi connectivity index (χ4n) is 7.49. The van der Waals surface area contributed by atoms with Crippen LogP contribution in [0.25, 0.3) is 0 Å². The Kier molecular flexibility index (Phi) is 6.42. The number of hydrogen-bond donors (Lipinski definition) is 1. The molecule has 3 aliphatic carbocycles. The molecule has 1 N–H and O–H groups in total. The van der Waals surface area contributed by atoms with Crippen LogP contribution >= 0.6 is 11.6 Å². The molecule has 3 aliphatic rings. The largest absolute Gasteiger partial charge is 0.494 e. The average molecular weight is 478 g/mol. The molecule has 0 amide bonds. The summed E-state index contributed by atoms with van der Waals surface area (Å²) in [6, 6.07) is 14.7. The van der Waals surface area contributed by atoms with E-state index in [-0.39, 0.29) is 5.41 Å². The molecule has 0 aliphatic heterocycles. The Morgan fingerprint density at radius 1 is 1.12 bits per heavy atom. The van der Waals surface area contributed by atoms with Crippen LogP contribution in [0.5, 0.6) is 5.75 Å². The van der Waals surface area contributed by atoms with Gasteiger partial charge in [0.2, 0.25) is 0 Å². The Morgan fingerprint density at radius 3 is 2.65 bits per heavy atom. The van der Waals surface area contributed by atoms with Crippen molar-refractivity contribution >= 4 is 11.6 Å². The van der Waals surface area contributed by atoms with Crippen molar-refractivity contribution in [2.75, 3.05) is 6.61 Å². The van der Waals surface area contributed by atoms with Crippen LogP contribution in [0.1, 0.15) is 87.0 Å². The Hall–Kier alpha value is -2.02. The third-order valence-corrected chi connectivity index (χ3v) is 9.90. The Morgan fingerprint density at radius 2 is 1.91 bits per heavy atom. The molecule has 180 valence electrons. The van der Waals surface area contributed by atoms with E-state index >= 15 is 0 Å². The van der Waals surface area contributed by atoms with Crippen LogP contribution < -0.4 is 4.74 Å². The van der Waals surface area contributed by atoms with Crippen LogP contribution in [0.4, 0.5) is 0 Å². The second-order valence-electron chi connectivity index (χ2n) is 11.1. The first-order chi connectivity index (χ1) is 16.4. The number of nitrogens with zero attached hydrogens (tertiary/aromatic N) is 1. The fourth-order valence-corrected chi connectivity index (χ4v) is 7.80. The molecule has 2 fully saturated rings. The maximum absolute atomic E-state index is 12.1. The maximum atomic E-state index is 12.1. The number of benzene rings is 2. The number of ether oxygens (including phenoxy) is 1. The van der Waals surface area contributed by atoms with E-state index in [2.05, 4.69) is 50.2 Å². The Labute approximate surface area is 209 Å². The summed E-state index contributed by atoms with van der Waals surface area (Å²) in [6.45, 7) is 5.28.